The Labute approximate surface area is 303 Å². The van der Waals surface area contributed by atoms with Gasteiger partial charge in [-0.2, -0.15) is 0 Å². The van der Waals surface area contributed by atoms with Crippen LogP contribution in [0.3, 0.4) is 0 Å². The summed E-state index contributed by atoms with van der Waals surface area (Å²) in [6.45, 7) is 17.7. The largest absolute Gasteiger partial charge is 0.421 e. The van der Waals surface area contributed by atoms with Gasteiger partial charge in [-0.25, -0.2) is 4.98 Å². The molecule has 0 aliphatic carbocycles. The maximum atomic E-state index is 13.2. The van der Waals surface area contributed by atoms with Crippen LogP contribution in [-0.4, -0.2) is 41.5 Å². The molecule has 2 amide bonds. The number of hydrogen-bond acceptors (Lipinski definition) is 8. The zero-order valence-electron chi connectivity index (χ0n) is 31.0. The number of pyridine rings is 2. The Kier molecular flexibility index (Phi) is 8.40. The fourth-order valence-corrected chi connectivity index (χ4v) is 6.82. The van der Waals surface area contributed by atoms with E-state index >= 15 is 0 Å². The SMILES string of the molecule is Cc1cc(N2C(=O)C(C)(C)c3ccc(-c4nnc(C)o4)cc32)ccn1.Cc1cc(N2C(=O)C(C)(C)c3ccc(-n4cnc(C(C)C)c4)cc32)ccn1. The first-order valence-corrected chi connectivity index (χ1v) is 17.3. The number of fused-ring (bicyclic) bond motifs is 2. The standard InChI is InChI=1S/C22H24N4O.C19H18N4O2/c1-14(2)19-12-25(13-24-19)16-6-7-18-20(11-16)26(21(27)22(18,4)5)17-8-9-23-15(3)10-17;1-11-9-14(7-8-20-11)23-16-10-13(17-22-21-12(2)25-17)5-6-15(16)19(3,4)18(23)24/h6-14H,1-5H3;5-10H,1-4H3. The summed E-state index contributed by atoms with van der Waals surface area (Å²) < 4.78 is 7.55. The summed E-state index contributed by atoms with van der Waals surface area (Å²) in [4.78, 5) is 42.9. The van der Waals surface area contributed by atoms with Crippen LogP contribution in [0.25, 0.3) is 17.1 Å². The molecule has 0 N–H and O–H groups in total. The molecule has 11 heteroatoms. The van der Waals surface area contributed by atoms with E-state index in [1.807, 2.05) is 99.8 Å². The van der Waals surface area contributed by atoms with Crippen molar-refractivity contribution in [2.24, 2.45) is 0 Å². The number of benzene rings is 2. The predicted octanol–water partition coefficient (Wildman–Crippen LogP) is 8.36. The minimum atomic E-state index is -0.601. The molecule has 264 valence electrons. The number of aromatic nitrogens is 6. The van der Waals surface area contributed by atoms with E-state index in [1.54, 1.807) is 24.2 Å². The number of hydrogen-bond donors (Lipinski definition) is 0. The van der Waals surface area contributed by atoms with Gasteiger partial charge in [0.25, 0.3) is 0 Å². The first-order chi connectivity index (χ1) is 24.7. The molecule has 6 heterocycles. The van der Waals surface area contributed by atoms with Crippen LogP contribution >= 0.6 is 0 Å². The lowest BCUT2D eigenvalue weighted by atomic mass is 9.86. The summed E-state index contributed by atoms with van der Waals surface area (Å²) in [7, 11) is 0. The summed E-state index contributed by atoms with van der Waals surface area (Å²) in [6.07, 6.45) is 7.35. The molecule has 2 aromatic carbocycles. The topological polar surface area (TPSA) is 123 Å². The smallest absolute Gasteiger partial charge is 0.247 e. The Morgan fingerprint density at radius 2 is 1.21 bits per heavy atom. The highest BCUT2D eigenvalue weighted by Crippen LogP contribution is 2.48. The molecular weight excluding hydrogens is 653 g/mol. The lowest BCUT2D eigenvalue weighted by Gasteiger charge is -2.20. The molecule has 11 nitrogen and oxygen atoms in total. The molecule has 2 aliphatic rings. The van der Waals surface area contributed by atoms with Crippen molar-refractivity contribution in [1.82, 2.24) is 29.7 Å². The maximum Gasteiger partial charge on any atom is 0.247 e. The molecule has 6 aromatic rings. The Bertz CT molecular complexity index is 2350. The summed E-state index contributed by atoms with van der Waals surface area (Å²) >= 11 is 0. The quantitative estimate of drug-likeness (QED) is 0.176. The number of carbonyl (C=O) groups excluding carboxylic acids is 2. The van der Waals surface area contributed by atoms with Crippen molar-refractivity contribution in [1.29, 1.82) is 0 Å². The molecule has 0 unspecified atom stereocenters. The molecule has 4 aromatic heterocycles. The number of imidazole rings is 1. The van der Waals surface area contributed by atoms with Crippen LogP contribution in [0.15, 0.2) is 90.0 Å². The third-order valence-corrected chi connectivity index (χ3v) is 9.83. The van der Waals surface area contributed by atoms with E-state index in [2.05, 4.69) is 63.4 Å². The lowest BCUT2D eigenvalue weighted by Crippen LogP contribution is -2.33. The Morgan fingerprint density at radius 3 is 1.71 bits per heavy atom. The van der Waals surface area contributed by atoms with Gasteiger partial charge in [0, 0.05) is 48.2 Å². The van der Waals surface area contributed by atoms with E-state index in [-0.39, 0.29) is 11.8 Å². The van der Waals surface area contributed by atoms with Crippen molar-refractivity contribution in [3.05, 3.63) is 120 Å². The van der Waals surface area contributed by atoms with Gasteiger partial charge in [0.1, 0.15) is 0 Å². The van der Waals surface area contributed by atoms with E-state index in [0.717, 1.165) is 62.2 Å². The van der Waals surface area contributed by atoms with Gasteiger partial charge in [-0.1, -0.05) is 26.0 Å². The van der Waals surface area contributed by atoms with Crippen molar-refractivity contribution in [2.45, 2.75) is 79.1 Å². The summed E-state index contributed by atoms with van der Waals surface area (Å²) in [5.74, 6) is 1.44. The second kappa shape index (κ2) is 12.7. The Balaban J connectivity index is 0.000000162. The highest BCUT2D eigenvalue weighted by atomic mass is 16.4. The van der Waals surface area contributed by atoms with Crippen molar-refractivity contribution >= 4 is 34.6 Å². The average molecular weight is 695 g/mol. The molecule has 0 fully saturated rings. The molecule has 0 spiro atoms. The molecular formula is C41H42N8O3. The van der Waals surface area contributed by atoms with E-state index in [4.69, 9.17) is 4.42 Å². The van der Waals surface area contributed by atoms with Crippen molar-refractivity contribution < 1.29 is 14.0 Å². The molecule has 0 atom stereocenters. The zero-order valence-corrected chi connectivity index (χ0v) is 31.0. The third kappa shape index (κ3) is 5.85. The van der Waals surface area contributed by atoms with E-state index in [0.29, 0.717) is 17.7 Å². The van der Waals surface area contributed by atoms with Gasteiger partial charge in [-0.3, -0.25) is 29.4 Å². The number of nitrogens with zero attached hydrogens (tertiary/aromatic N) is 8. The summed E-state index contributed by atoms with van der Waals surface area (Å²) in [6, 6.07) is 19.6. The van der Waals surface area contributed by atoms with Crippen LogP contribution in [0.1, 0.15) is 81.6 Å². The molecule has 8 rings (SSSR count). The monoisotopic (exact) mass is 694 g/mol. The van der Waals surface area contributed by atoms with Crippen LogP contribution in [0, 0.1) is 20.8 Å². The Morgan fingerprint density at radius 1 is 0.654 bits per heavy atom. The highest BCUT2D eigenvalue weighted by molar-refractivity contribution is 6.13. The van der Waals surface area contributed by atoms with Gasteiger partial charge in [-0.05, 0) is 107 Å². The minimum Gasteiger partial charge on any atom is -0.421 e. The lowest BCUT2D eigenvalue weighted by molar-refractivity contribution is -0.122. The molecule has 0 saturated heterocycles. The normalized spacial score (nSPS) is 15.5. The highest BCUT2D eigenvalue weighted by Gasteiger charge is 2.46. The molecule has 0 saturated carbocycles. The number of rotatable bonds is 5. The summed E-state index contributed by atoms with van der Waals surface area (Å²) in [5, 5.41) is 7.96. The number of carbonyl (C=O) groups is 2. The average Bonchev–Trinajstić information content (AvgIpc) is 3.86. The number of amides is 2. The maximum absolute atomic E-state index is 13.2. The molecule has 0 bridgehead atoms. The zero-order chi connectivity index (χ0) is 37.1. The second-order valence-electron chi connectivity index (χ2n) is 14.8. The van der Waals surface area contributed by atoms with Crippen LogP contribution in [0.4, 0.5) is 22.7 Å². The Hall–Kier alpha value is -5.97. The van der Waals surface area contributed by atoms with Gasteiger partial charge < -0.3 is 8.98 Å². The van der Waals surface area contributed by atoms with Gasteiger partial charge in [-0.15, -0.1) is 10.2 Å². The number of anilines is 4. The predicted molar refractivity (Wildman–Crippen MR) is 200 cm³/mol. The molecule has 2 aliphatic heterocycles. The second-order valence-corrected chi connectivity index (χ2v) is 14.8. The van der Waals surface area contributed by atoms with Crippen LogP contribution in [0.2, 0.25) is 0 Å². The first-order valence-electron chi connectivity index (χ1n) is 17.3. The number of aryl methyl sites for hydroxylation is 3. The van der Waals surface area contributed by atoms with Crippen molar-refractivity contribution in [3.8, 4) is 17.1 Å². The van der Waals surface area contributed by atoms with Gasteiger partial charge in [0.05, 0.1) is 45.6 Å². The van der Waals surface area contributed by atoms with Gasteiger partial charge in [0.15, 0.2) is 0 Å². The fraction of sp³-hybridized carbons (Fsp3) is 0.293. The third-order valence-electron chi connectivity index (χ3n) is 9.83. The van der Waals surface area contributed by atoms with Crippen molar-refractivity contribution in [3.63, 3.8) is 0 Å². The van der Waals surface area contributed by atoms with Crippen LogP contribution in [0.5, 0.6) is 0 Å². The van der Waals surface area contributed by atoms with Crippen LogP contribution in [-0.2, 0) is 20.4 Å². The van der Waals surface area contributed by atoms with Gasteiger partial charge in [0.2, 0.25) is 23.6 Å². The van der Waals surface area contributed by atoms with Crippen LogP contribution < -0.4 is 9.80 Å². The first kappa shape index (κ1) is 34.5. The van der Waals surface area contributed by atoms with E-state index < -0.39 is 10.8 Å². The molecule has 0 radical (unpaired) electrons. The minimum absolute atomic E-state index is 0.0342. The molecule has 52 heavy (non-hydrogen) atoms. The van der Waals surface area contributed by atoms with Gasteiger partial charge >= 0.3 is 0 Å². The summed E-state index contributed by atoms with van der Waals surface area (Å²) in [5.41, 5.74) is 8.86. The van der Waals surface area contributed by atoms with E-state index in [9.17, 15) is 9.59 Å². The van der Waals surface area contributed by atoms with Crippen molar-refractivity contribution in [2.75, 3.05) is 9.80 Å². The fourth-order valence-electron chi connectivity index (χ4n) is 6.82. The van der Waals surface area contributed by atoms with E-state index in [1.165, 1.54) is 0 Å².